The van der Waals surface area contributed by atoms with Crippen molar-refractivity contribution in [3.05, 3.63) is 29.8 Å². The molecule has 2 aliphatic rings. The molecule has 0 unspecified atom stereocenters. The number of carbonyl (C=O) groups excluding carboxylic acids is 1. The van der Waals surface area contributed by atoms with Crippen LogP contribution in [0, 0.1) is 0 Å². The van der Waals surface area contributed by atoms with Crippen LogP contribution >= 0.6 is 0 Å². The van der Waals surface area contributed by atoms with E-state index in [9.17, 15) is 13.2 Å². The number of nitrogens with zero attached hydrogens (tertiary/aromatic N) is 1. The Hall–Kier alpha value is -1.40. The SMILES string of the molecule is C[C@H]1Cc2ccccc2N1C(=O)CS(=O)(=O)C[C@H]1CCCO1. The molecule has 5 nitrogen and oxygen atoms in total. The van der Waals surface area contributed by atoms with E-state index in [2.05, 4.69) is 0 Å². The molecule has 1 saturated heterocycles. The molecular weight excluding hydrogens is 302 g/mol. The maximum Gasteiger partial charge on any atom is 0.242 e. The summed E-state index contributed by atoms with van der Waals surface area (Å²) in [5.74, 6) is -0.829. The predicted octanol–water partition coefficient (Wildman–Crippen LogP) is 1.56. The zero-order valence-corrected chi connectivity index (χ0v) is 13.5. The van der Waals surface area contributed by atoms with Gasteiger partial charge < -0.3 is 9.64 Å². The molecule has 6 heteroatoms. The van der Waals surface area contributed by atoms with E-state index in [0.717, 1.165) is 30.5 Å². The molecule has 1 fully saturated rings. The van der Waals surface area contributed by atoms with Gasteiger partial charge in [-0.1, -0.05) is 18.2 Å². The maximum atomic E-state index is 12.5. The highest BCUT2D eigenvalue weighted by molar-refractivity contribution is 7.92. The highest BCUT2D eigenvalue weighted by atomic mass is 32.2. The zero-order chi connectivity index (χ0) is 15.7. The first kappa shape index (κ1) is 15.5. The lowest BCUT2D eigenvalue weighted by atomic mass is 10.1. The number of fused-ring (bicyclic) bond motifs is 1. The van der Waals surface area contributed by atoms with Crippen LogP contribution in [0.2, 0.25) is 0 Å². The lowest BCUT2D eigenvalue weighted by molar-refractivity contribution is -0.116. The normalized spacial score (nSPS) is 24.5. The first-order chi connectivity index (χ1) is 10.5. The number of amides is 1. The Morgan fingerprint density at radius 2 is 2.14 bits per heavy atom. The average molecular weight is 323 g/mol. The minimum Gasteiger partial charge on any atom is -0.377 e. The zero-order valence-electron chi connectivity index (χ0n) is 12.7. The second kappa shape index (κ2) is 6.01. The van der Waals surface area contributed by atoms with Gasteiger partial charge in [-0.25, -0.2) is 8.42 Å². The lowest BCUT2D eigenvalue weighted by Gasteiger charge is -2.23. The van der Waals surface area contributed by atoms with Crippen molar-refractivity contribution in [3.8, 4) is 0 Å². The number of hydrogen-bond acceptors (Lipinski definition) is 4. The standard InChI is InChI=1S/C16H21NO4S/c1-12-9-13-5-2-3-7-15(13)17(12)16(18)11-22(19,20)10-14-6-4-8-21-14/h2-3,5,7,12,14H,4,6,8-11H2,1H3/t12-,14+/m0/s1. The molecule has 2 atom stereocenters. The topological polar surface area (TPSA) is 63.7 Å². The second-order valence-corrected chi connectivity index (χ2v) is 8.24. The van der Waals surface area contributed by atoms with Gasteiger partial charge in [-0.3, -0.25) is 4.79 Å². The first-order valence-electron chi connectivity index (χ1n) is 7.68. The summed E-state index contributed by atoms with van der Waals surface area (Å²) in [6, 6.07) is 7.68. The van der Waals surface area contributed by atoms with Gasteiger partial charge in [0.1, 0.15) is 5.75 Å². The summed E-state index contributed by atoms with van der Waals surface area (Å²) in [4.78, 5) is 14.1. The molecular formula is C16H21NO4S. The Morgan fingerprint density at radius 1 is 1.36 bits per heavy atom. The Morgan fingerprint density at radius 3 is 2.86 bits per heavy atom. The van der Waals surface area contributed by atoms with E-state index in [1.54, 1.807) is 4.90 Å². The van der Waals surface area contributed by atoms with Gasteiger partial charge in [0.25, 0.3) is 0 Å². The summed E-state index contributed by atoms with van der Waals surface area (Å²) in [5.41, 5.74) is 1.94. The molecule has 0 spiro atoms. The van der Waals surface area contributed by atoms with E-state index in [-0.39, 0.29) is 23.8 Å². The molecule has 2 heterocycles. The largest absolute Gasteiger partial charge is 0.377 e. The minimum absolute atomic E-state index is 0.00262. The summed E-state index contributed by atoms with van der Waals surface area (Å²) < 4.78 is 29.9. The van der Waals surface area contributed by atoms with Gasteiger partial charge in [-0.15, -0.1) is 0 Å². The third-order valence-corrected chi connectivity index (χ3v) is 5.85. The molecule has 0 aromatic heterocycles. The van der Waals surface area contributed by atoms with Gasteiger partial charge in [-0.2, -0.15) is 0 Å². The fourth-order valence-electron chi connectivity index (χ4n) is 3.32. The van der Waals surface area contributed by atoms with Gasteiger partial charge in [0, 0.05) is 18.3 Å². The van der Waals surface area contributed by atoms with Crippen LogP contribution in [0.1, 0.15) is 25.3 Å². The fourth-order valence-corrected chi connectivity index (χ4v) is 4.78. The first-order valence-corrected chi connectivity index (χ1v) is 9.50. The number of hydrogen-bond donors (Lipinski definition) is 0. The maximum absolute atomic E-state index is 12.5. The summed E-state index contributed by atoms with van der Waals surface area (Å²) >= 11 is 0. The van der Waals surface area contributed by atoms with Gasteiger partial charge in [0.15, 0.2) is 9.84 Å². The average Bonchev–Trinajstić information content (AvgIpc) is 3.03. The third-order valence-electron chi connectivity index (χ3n) is 4.28. The van der Waals surface area contributed by atoms with Crippen LogP contribution in [0.5, 0.6) is 0 Å². The van der Waals surface area contributed by atoms with Gasteiger partial charge in [0.05, 0.1) is 11.9 Å². The number of benzene rings is 1. The van der Waals surface area contributed by atoms with Crippen LogP contribution < -0.4 is 4.90 Å². The highest BCUT2D eigenvalue weighted by Gasteiger charge is 2.34. The van der Waals surface area contributed by atoms with Crippen LogP contribution in [0.3, 0.4) is 0 Å². The number of anilines is 1. The monoisotopic (exact) mass is 323 g/mol. The van der Waals surface area contributed by atoms with E-state index in [1.807, 2.05) is 31.2 Å². The molecule has 22 heavy (non-hydrogen) atoms. The molecule has 1 aromatic rings. The summed E-state index contributed by atoms with van der Waals surface area (Å²) in [6.45, 7) is 2.56. The van der Waals surface area contributed by atoms with Crippen molar-refractivity contribution < 1.29 is 17.9 Å². The van der Waals surface area contributed by atoms with E-state index >= 15 is 0 Å². The van der Waals surface area contributed by atoms with E-state index in [1.165, 1.54) is 0 Å². The molecule has 1 amide bonds. The van der Waals surface area contributed by atoms with Crippen molar-refractivity contribution in [1.82, 2.24) is 0 Å². The van der Waals surface area contributed by atoms with E-state index in [4.69, 9.17) is 4.74 Å². The third kappa shape index (κ3) is 3.17. The molecule has 3 rings (SSSR count). The summed E-state index contributed by atoms with van der Waals surface area (Å²) in [5, 5.41) is 0. The molecule has 0 saturated carbocycles. The summed E-state index contributed by atoms with van der Waals surface area (Å²) in [7, 11) is -3.44. The van der Waals surface area contributed by atoms with Crippen LogP contribution in [0.25, 0.3) is 0 Å². The second-order valence-electron chi connectivity index (χ2n) is 6.14. The Bertz CT molecular complexity index is 664. The molecule has 120 valence electrons. The smallest absolute Gasteiger partial charge is 0.242 e. The van der Waals surface area contributed by atoms with E-state index in [0.29, 0.717) is 6.61 Å². The van der Waals surface area contributed by atoms with Crippen molar-refractivity contribution in [2.45, 2.75) is 38.3 Å². The number of para-hydroxylation sites is 1. The van der Waals surface area contributed by atoms with Crippen LogP contribution in [-0.4, -0.2) is 44.6 Å². The van der Waals surface area contributed by atoms with Crippen LogP contribution in [0.4, 0.5) is 5.69 Å². The quantitative estimate of drug-likeness (QED) is 0.843. The molecule has 0 radical (unpaired) electrons. The van der Waals surface area contributed by atoms with Crippen molar-refractivity contribution >= 4 is 21.4 Å². The van der Waals surface area contributed by atoms with Crippen molar-refractivity contribution in [3.63, 3.8) is 0 Å². The van der Waals surface area contributed by atoms with Crippen molar-refractivity contribution in [2.24, 2.45) is 0 Å². The predicted molar refractivity (Wildman–Crippen MR) is 84.7 cm³/mol. The molecule has 0 N–H and O–H groups in total. The van der Waals surface area contributed by atoms with Crippen LogP contribution in [-0.2, 0) is 25.8 Å². The number of rotatable bonds is 4. The summed E-state index contributed by atoms with van der Waals surface area (Å²) in [6.07, 6.45) is 2.18. The van der Waals surface area contributed by atoms with Gasteiger partial charge in [0.2, 0.25) is 5.91 Å². The number of sulfone groups is 1. The van der Waals surface area contributed by atoms with Gasteiger partial charge >= 0.3 is 0 Å². The minimum atomic E-state index is -3.44. The number of carbonyl (C=O) groups is 1. The fraction of sp³-hybridized carbons (Fsp3) is 0.562. The molecule has 0 aliphatic carbocycles. The van der Waals surface area contributed by atoms with E-state index < -0.39 is 15.6 Å². The lowest BCUT2D eigenvalue weighted by Crippen LogP contribution is -2.40. The van der Waals surface area contributed by atoms with Crippen LogP contribution in [0.15, 0.2) is 24.3 Å². The van der Waals surface area contributed by atoms with Crippen molar-refractivity contribution in [1.29, 1.82) is 0 Å². The molecule has 2 aliphatic heterocycles. The van der Waals surface area contributed by atoms with Gasteiger partial charge in [-0.05, 0) is 37.8 Å². The molecule has 0 bridgehead atoms. The number of ether oxygens (including phenoxy) is 1. The molecule has 1 aromatic carbocycles. The highest BCUT2D eigenvalue weighted by Crippen LogP contribution is 2.32. The Labute approximate surface area is 131 Å². The Kier molecular flexibility index (Phi) is 4.23. The Balaban J connectivity index is 1.71. The van der Waals surface area contributed by atoms with Crippen molar-refractivity contribution in [2.75, 3.05) is 23.0 Å².